The maximum atomic E-state index is 12.0. The van der Waals surface area contributed by atoms with Crippen molar-refractivity contribution in [3.63, 3.8) is 0 Å². The van der Waals surface area contributed by atoms with Crippen LogP contribution in [0.5, 0.6) is 0 Å². The number of anilines is 2. The van der Waals surface area contributed by atoms with Crippen LogP contribution in [0.1, 0.15) is 38.6 Å². The molecule has 0 aromatic carbocycles. The fourth-order valence-corrected chi connectivity index (χ4v) is 2.25. The maximum Gasteiger partial charge on any atom is 0.244 e. The van der Waals surface area contributed by atoms with Gasteiger partial charge in [0, 0.05) is 24.6 Å². The van der Waals surface area contributed by atoms with Crippen LogP contribution in [0.2, 0.25) is 0 Å². The number of carbonyl (C=O) groups is 1. The molecule has 1 atom stereocenters. The van der Waals surface area contributed by atoms with Gasteiger partial charge in [0.25, 0.3) is 0 Å². The Kier molecular flexibility index (Phi) is 4.04. The highest BCUT2D eigenvalue weighted by atomic mass is 16.2. The number of nitrogens with two attached hydrogens (primary N) is 1. The molecule has 1 aromatic rings. The number of likely N-dealkylation sites (tertiary alicyclic amines) is 1. The van der Waals surface area contributed by atoms with Crippen molar-refractivity contribution in [2.24, 2.45) is 5.84 Å². The molecular formula is C14H24N6O. The standard InChI is InChI=1S/C14H24N6O/c1-8-10(16-9-6-7-20(5)12(9)21)17-13(14(2,3)4)18-11(8)19-15/h9H,6-7,15H2,1-5H3,(H2,16,17,18,19). The molecule has 0 saturated carbocycles. The third kappa shape index (κ3) is 3.07. The number of nitrogen functional groups attached to an aromatic ring is 1. The predicted octanol–water partition coefficient (Wildman–Crippen LogP) is 1.01. The monoisotopic (exact) mass is 292 g/mol. The van der Waals surface area contributed by atoms with E-state index in [9.17, 15) is 4.79 Å². The number of hydrogen-bond acceptors (Lipinski definition) is 6. The van der Waals surface area contributed by atoms with Gasteiger partial charge in [-0.1, -0.05) is 20.8 Å². The second kappa shape index (κ2) is 5.48. The van der Waals surface area contributed by atoms with Gasteiger partial charge >= 0.3 is 0 Å². The lowest BCUT2D eigenvalue weighted by molar-refractivity contribution is -0.127. The van der Waals surface area contributed by atoms with Gasteiger partial charge in [-0.25, -0.2) is 15.8 Å². The minimum atomic E-state index is -0.234. The molecule has 1 unspecified atom stereocenters. The molecule has 2 rings (SSSR count). The zero-order valence-corrected chi connectivity index (χ0v) is 13.3. The molecule has 7 heteroatoms. The predicted molar refractivity (Wildman–Crippen MR) is 82.9 cm³/mol. The molecular weight excluding hydrogens is 268 g/mol. The van der Waals surface area contributed by atoms with Crippen LogP contribution < -0.4 is 16.6 Å². The first-order valence-electron chi connectivity index (χ1n) is 7.11. The van der Waals surface area contributed by atoms with Crippen molar-refractivity contribution in [2.45, 2.75) is 45.6 Å². The number of nitrogens with one attached hydrogen (secondary N) is 2. The fraction of sp³-hybridized carbons (Fsp3) is 0.643. The lowest BCUT2D eigenvalue weighted by Gasteiger charge is -2.22. The number of aromatic nitrogens is 2. The summed E-state index contributed by atoms with van der Waals surface area (Å²) < 4.78 is 0. The number of hydrazine groups is 1. The van der Waals surface area contributed by atoms with Gasteiger partial charge in [0.15, 0.2) is 0 Å². The number of nitrogens with zero attached hydrogens (tertiary/aromatic N) is 3. The van der Waals surface area contributed by atoms with Crippen LogP contribution in [-0.2, 0) is 10.2 Å². The molecule has 116 valence electrons. The molecule has 0 spiro atoms. The molecule has 1 amide bonds. The Labute approximate surface area is 125 Å². The average molecular weight is 292 g/mol. The van der Waals surface area contributed by atoms with Crippen molar-refractivity contribution < 1.29 is 4.79 Å². The molecule has 4 N–H and O–H groups in total. The molecule has 21 heavy (non-hydrogen) atoms. The van der Waals surface area contributed by atoms with Gasteiger partial charge in [0.1, 0.15) is 23.5 Å². The van der Waals surface area contributed by atoms with Gasteiger partial charge in [-0.3, -0.25) is 4.79 Å². The fourth-order valence-electron chi connectivity index (χ4n) is 2.25. The first-order valence-corrected chi connectivity index (χ1v) is 7.11. The highest BCUT2D eigenvalue weighted by Crippen LogP contribution is 2.27. The summed E-state index contributed by atoms with van der Waals surface area (Å²) in [7, 11) is 1.81. The van der Waals surface area contributed by atoms with E-state index in [2.05, 4.69) is 20.7 Å². The van der Waals surface area contributed by atoms with E-state index in [1.807, 2.05) is 34.7 Å². The molecule has 1 fully saturated rings. The van der Waals surface area contributed by atoms with E-state index in [1.54, 1.807) is 4.90 Å². The third-order valence-electron chi connectivity index (χ3n) is 3.69. The number of rotatable bonds is 3. The summed E-state index contributed by atoms with van der Waals surface area (Å²) in [6.07, 6.45) is 0.773. The highest BCUT2D eigenvalue weighted by molar-refractivity contribution is 5.86. The van der Waals surface area contributed by atoms with Gasteiger partial charge in [0.05, 0.1) is 0 Å². The molecule has 7 nitrogen and oxygen atoms in total. The molecule has 0 bridgehead atoms. The first kappa shape index (κ1) is 15.5. The molecule has 0 radical (unpaired) electrons. The Morgan fingerprint density at radius 3 is 2.38 bits per heavy atom. The van der Waals surface area contributed by atoms with Gasteiger partial charge in [-0.2, -0.15) is 0 Å². The van der Waals surface area contributed by atoms with Crippen molar-refractivity contribution in [3.8, 4) is 0 Å². The molecule has 0 aliphatic carbocycles. The van der Waals surface area contributed by atoms with Crippen LogP contribution >= 0.6 is 0 Å². The number of hydrogen-bond donors (Lipinski definition) is 3. The zero-order valence-electron chi connectivity index (χ0n) is 13.3. The first-order chi connectivity index (χ1) is 9.74. The van der Waals surface area contributed by atoms with Crippen LogP contribution in [0.15, 0.2) is 0 Å². The van der Waals surface area contributed by atoms with Crippen molar-refractivity contribution in [2.75, 3.05) is 24.3 Å². The summed E-state index contributed by atoms with van der Waals surface area (Å²) in [5.74, 6) is 7.56. The Bertz CT molecular complexity index is 551. The van der Waals surface area contributed by atoms with E-state index in [1.165, 1.54) is 0 Å². The van der Waals surface area contributed by atoms with E-state index >= 15 is 0 Å². The van der Waals surface area contributed by atoms with E-state index < -0.39 is 0 Å². The highest BCUT2D eigenvalue weighted by Gasteiger charge is 2.30. The van der Waals surface area contributed by atoms with Gasteiger partial charge in [-0.15, -0.1) is 0 Å². The van der Waals surface area contributed by atoms with Gasteiger partial charge in [-0.05, 0) is 13.3 Å². The average Bonchev–Trinajstić information content (AvgIpc) is 2.71. The van der Waals surface area contributed by atoms with Crippen LogP contribution in [0.25, 0.3) is 0 Å². The van der Waals surface area contributed by atoms with E-state index in [0.717, 1.165) is 18.5 Å². The second-order valence-corrected chi connectivity index (χ2v) is 6.51. The lowest BCUT2D eigenvalue weighted by atomic mass is 9.95. The van der Waals surface area contributed by atoms with E-state index in [-0.39, 0.29) is 17.4 Å². The number of likely N-dealkylation sites (N-methyl/N-ethyl adjacent to an activating group) is 1. The topological polar surface area (TPSA) is 96.2 Å². The summed E-state index contributed by atoms with van der Waals surface area (Å²) in [5.41, 5.74) is 3.22. The molecule has 1 aromatic heterocycles. The number of amides is 1. The summed E-state index contributed by atoms with van der Waals surface area (Å²) in [5, 5.41) is 3.24. The smallest absolute Gasteiger partial charge is 0.244 e. The van der Waals surface area contributed by atoms with Crippen LogP contribution in [0.3, 0.4) is 0 Å². The molecule has 1 aliphatic rings. The Balaban J connectivity index is 2.36. The Morgan fingerprint density at radius 1 is 1.29 bits per heavy atom. The lowest BCUT2D eigenvalue weighted by Crippen LogP contribution is -2.32. The molecule has 1 saturated heterocycles. The van der Waals surface area contributed by atoms with Crippen LogP contribution in [0.4, 0.5) is 11.6 Å². The quantitative estimate of drug-likeness (QED) is 0.568. The van der Waals surface area contributed by atoms with Crippen LogP contribution in [0, 0.1) is 6.92 Å². The Hall–Kier alpha value is -1.89. The van der Waals surface area contributed by atoms with Crippen molar-refractivity contribution in [1.29, 1.82) is 0 Å². The largest absolute Gasteiger partial charge is 0.358 e. The summed E-state index contributed by atoms with van der Waals surface area (Å²) in [6, 6.07) is -0.234. The second-order valence-electron chi connectivity index (χ2n) is 6.51. The third-order valence-corrected chi connectivity index (χ3v) is 3.69. The van der Waals surface area contributed by atoms with Gasteiger partial charge < -0.3 is 15.6 Å². The van der Waals surface area contributed by atoms with E-state index in [4.69, 9.17) is 5.84 Å². The summed E-state index contributed by atoms with van der Waals surface area (Å²) in [6.45, 7) is 8.75. The maximum absolute atomic E-state index is 12.0. The van der Waals surface area contributed by atoms with Crippen molar-refractivity contribution in [3.05, 3.63) is 11.4 Å². The van der Waals surface area contributed by atoms with Crippen molar-refractivity contribution in [1.82, 2.24) is 14.9 Å². The summed E-state index contributed by atoms with van der Waals surface area (Å²) in [4.78, 5) is 22.8. The number of carbonyl (C=O) groups excluding carboxylic acids is 1. The van der Waals surface area contributed by atoms with Gasteiger partial charge in [0.2, 0.25) is 5.91 Å². The molecule has 2 heterocycles. The minimum Gasteiger partial charge on any atom is -0.358 e. The minimum absolute atomic E-state index is 0.0904. The Morgan fingerprint density at radius 2 is 1.90 bits per heavy atom. The normalized spacial score (nSPS) is 19.0. The van der Waals surface area contributed by atoms with Crippen LogP contribution in [-0.4, -0.2) is 40.4 Å². The van der Waals surface area contributed by atoms with E-state index in [0.29, 0.717) is 17.5 Å². The summed E-state index contributed by atoms with van der Waals surface area (Å²) >= 11 is 0. The SMILES string of the molecule is Cc1c(NN)nc(C(C)(C)C)nc1NC1CCN(C)C1=O. The molecule has 1 aliphatic heterocycles. The van der Waals surface area contributed by atoms with Crippen molar-refractivity contribution >= 4 is 17.5 Å². The zero-order chi connectivity index (χ0) is 15.8.